The van der Waals surface area contributed by atoms with Crippen molar-refractivity contribution in [2.24, 2.45) is 0 Å². The van der Waals surface area contributed by atoms with Gasteiger partial charge in [-0.2, -0.15) is 4.31 Å². The first-order chi connectivity index (χ1) is 12.0. The fraction of sp³-hybridized carbons (Fsp3) is 0.588. The van der Waals surface area contributed by atoms with Gasteiger partial charge in [0, 0.05) is 26.2 Å². The Morgan fingerprint density at radius 2 is 1.64 bits per heavy atom. The summed E-state index contributed by atoms with van der Waals surface area (Å²) in [5.74, 6) is -0.189. The molecular weight excluding hydrogens is 364 g/mol. The topological polar surface area (TPSA) is 66.9 Å². The highest BCUT2D eigenvalue weighted by atomic mass is 35.5. The summed E-state index contributed by atoms with van der Waals surface area (Å²) in [4.78, 5) is 14.7. The Morgan fingerprint density at radius 1 is 1.00 bits per heavy atom. The molecule has 2 aliphatic rings. The summed E-state index contributed by atoms with van der Waals surface area (Å²) < 4.78 is 32.2. The van der Waals surface area contributed by atoms with E-state index < -0.39 is 10.0 Å². The maximum Gasteiger partial charge on any atom is 0.255 e. The van der Waals surface area contributed by atoms with Crippen molar-refractivity contribution in [2.45, 2.75) is 30.6 Å². The number of amides is 1. The van der Waals surface area contributed by atoms with E-state index in [0.717, 1.165) is 25.7 Å². The average Bonchev–Trinajstić information content (AvgIpc) is 2.91. The van der Waals surface area contributed by atoms with Gasteiger partial charge in [-0.05, 0) is 31.0 Å². The molecule has 2 saturated heterocycles. The zero-order valence-corrected chi connectivity index (χ0v) is 15.7. The number of sulfonamides is 1. The second-order valence-electron chi connectivity index (χ2n) is 6.36. The van der Waals surface area contributed by atoms with Crippen LogP contribution in [-0.4, -0.2) is 62.9 Å². The summed E-state index contributed by atoms with van der Waals surface area (Å²) in [5, 5.41) is 0.287. The lowest BCUT2D eigenvalue weighted by molar-refractivity contribution is 0.0729. The number of likely N-dealkylation sites (tertiary alicyclic amines) is 1. The highest BCUT2D eigenvalue weighted by molar-refractivity contribution is 7.89. The van der Waals surface area contributed by atoms with Crippen LogP contribution in [-0.2, 0) is 14.8 Å². The molecule has 1 aromatic rings. The Balaban J connectivity index is 1.88. The third-order valence-electron chi connectivity index (χ3n) is 4.67. The van der Waals surface area contributed by atoms with Crippen LogP contribution in [0.15, 0.2) is 23.1 Å². The zero-order chi connectivity index (χ0) is 17.9. The van der Waals surface area contributed by atoms with Crippen LogP contribution in [0.1, 0.15) is 36.0 Å². The summed E-state index contributed by atoms with van der Waals surface area (Å²) in [6.45, 7) is 2.78. The van der Waals surface area contributed by atoms with Crippen molar-refractivity contribution < 1.29 is 17.9 Å². The number of hydrogen-bond donors (Lipinski definition) is 0. The molecule has 25 heavy (non-hydrogen) atoms. The third-order valence-corrected chi connectivity index (χ3v) is 6.89. The largest absolute Gasteiger partial charge is 0.379 e. The molecule has 0 unspecified atom stereocenters. The summed E-state index contributed by atoms with van der Waals surface area (Å²) in [6, 6.07) is 4.38. The maximum atomic E-state index is 12.8. The number of ether oxygens (including phenoxy) is 1. The predicted molar refractivity (Wildman–Crippen MR) is 95.4 cm³/mol. The minimum atomic E-state index is -3.65. The van der Waals surface area contributed by atoms with Crippen LogP contribution in [0.3, 0.4) is 0 Å². The molecule has 6 nitrogen and oxygen atoms in total. The van der Waals surface area contributed by atoms with Crippen LogP contribution < -0.4 is 0 Å². The number of carbonyl (C=O) groups excluding carboxylic acids is 1. The molecule has 1 amide bonds. The molecule has 0 spiro atoms. The smallest absolute Gasteiger partial charge is 0.255 e. The average molecular weight is 387 g/mol. The molecule has 138 valence electrons. The van der Waals surface area contributed by atoms with Gasteiger partial charge in [0.1, 0.15) is 0 Å². The highest BCUT2D eigenvalue weighted by Gasteiger charge is 2.28. The first kappa shape index (κ1) is 18.6. The first-order valence-corrected chi connectivity index (χ1v) is 10.5. The van der Waals surface area contributed by atoms with Crippen LogP contribution in [0.2, 0.25) is 5.02 Å². The quantitative estimate of drug-likeness (QED) is 0.799. The molecule has 1 aromatic carbocycles. The van der Waals surface area contributed by atoms with E-state index >= 15 is 0 Å². The van der Waals surface area contributed by atoms with Gasteiger partial charge in [0.05, 0.1) is 28.7 Å². The Bertz CT molecular complexity index is 724. The van der Waals surface area contributed by atoms with E-state index in [0.29, 0.717) is 39.4 Å². The number of nitrogens with zero attached hydrogens (tertiary/aromatic N) is 2. The van der Waals surface area contributed by atoms with Crippen LogP contribution in [0.5, 0.6) is 0 Å². The SMILES string of the molecule is O=C(c1cc(S(=O)(=O)N2CCOCC2)ccc1Cl)N1CCCCCC1. The Labute approximate surface area is 153 Å². The fourth-order valence-electron chi connectivity index (χ4n) is 3.21. The maximum absolute atomic E-state index is 12.8. The van der Waals surface area contributed by atoms with Crippen molar-refractivity contribution >= 4 is 27.5 Å². The molecule has 0 atom stereocenters. The lowest BCUT2D eigenvalue weighted by Crippen LogP contribution is -2.40. The molecule has 0 bridgehead atoms. The number of benzene rings is 1. The molecule has 0 saturated carbocycles. The van der Waals surface area contributed by atoms with Gasteiger partial charge in [-0.1, -0.05) is 24.4 Å². The monoisotopic (exact) mass is 386 g/mol. The van der Waals surface area contributed by atoms with Gasteiger partial charge in [0.15, 0.2) is 0 Å². The molecule has 0 radical (unpaired) electrons. The van der Waals surface area contributed by atoms with Crippen molar-refractivity contribution in [2.75, 3.05) is 39.4 Å². The molecule has 8 heteroatoms. The molecule has 2 fully saturated rings. The zero-order valence-electron chi connectivity index (χ0n) is 14.1. The first-order valence-electron chi connectivity index (χ1n) is 8.67. The lowest BCUT2D eigenvalue weighted by Gasteiger charge is -2.26. The fourth-order valence-corrected chi connectivity index (χ4v) is 4.84. The minimum absolute atomic E-state index is 0.108. The number of morpholine rings is 1. The number of halogens is 1. The molecule has 0 aromatic heterocycles. The van der Waals surface area contributed by atoms with E-state index in [4.69, 9.17) is 16.3 Å². The Hall–Kier alpha value is -1.15. The second-order valence-corrected chi connectivity index (χ2v) is 8.71. The van der Waals surface area contributed by atoms with Gasteiger partial charge in [0.2, 0.25) is 10.0 Å². The van der Waals surface area contributed by atoms with Crippen molar-refractivity contribution in [3.8, 4) is 0 Å². The van der Waals surface area contributed by atoms with Gasteiger partial charge in [-0.3, -0.25) is 4.79 Å². The summed E-state index contributed by atoms with van der Waals surface area (Å²) in [7, 11) is -3.65. The second kappa shape index (κ2) is 8.03. The van der Waals surface area contributed by atoms with Crippen molar-refractivity contribution in [1.29, 1.82) is 0 Å². The molecule has 0 aliphatic carbocycles. The summed E-state index contributed by atoms with van der Waals surface area (Å²) in [6.07, 6.45) is 4.16. The van der Waals surface area contributed by atoms with Crippen molar-refractivity contribution in [1.82, 2.24) is 9.21 Å². The molecule has 0 N–H and O–H groups in total. The molecule has 2 aliphatic heterocycles. The minimum Gasteiger partial charge on any atom is -0.379 e. The predicted octanol–water partition coefficient (Wildman–Crippen LogP) is 2.38. The van der Waals surface area contributed by atoms with Gasteiger partial charge >= 0.3 is 0 Å². The van der Waals surface area contributed by atoms with Crippen LogP contribution in [0.25, 0.3) is 0 Å². The lowest BCUT2D eigenvalue weighted by atomic mass is 10.2. The molecular formula is C17H23ClN2O4S. The van der Waals surface area contributed by atoms with Crippen LogP contribution in [0, 0.1) is 0 Å². The molecule has 3 rings (SSSR count). The van der Waals surface area contributed by atoms with E-state index in [2.05, 4.69) is 0 Å². The van der Waals surface area contributed by atoms with Crippen molar-refractivity contribution in [3.05, 3.63) is 28.8 Å². The van der Waals surface area contributed by atoms with E-state index in [1.807, 2.05) is 0 Å². The van der Waals surface area contributed by atoms with Crippen LogP contribution in [0.4, 0.5) is 0 Å². The number of carbonyl (C=O) groups is 1. The van der Waals surface area contributed by atoms with Crippen LogP contribution >= 0.6 is 11.6 Å². The van der Waals surface area contributed by atoms with E-state index in [1.165, 1.54) is 22.5 Å². The Kier molecular flexibility index (Phi) is 5.99. The third kappa shape index (κ3) is 4.16. The standard InChI is InChI=1S/C17H23ClN2O4S/c18-16-6-5-14(25(22,23)20-9-11-24-12-10-20)13-15(16)17(21)19-7-3-1-2-4-8-19/h5-6,13H,1-4,7-12H2. The van der Waals surface area contributed by atoms with E-state index in [9.17, 15) is 13.2 Å². The highest BCUT2D eigenvalue weighted by Crippen LogP contribution is 2.25. The summed E-state index contributed by atoms with van der Waals surface area (Å²) in [5.41, 5.74) is 0.262. The summed E-state index contributed by atoms with van der Waals surface area (Å²) >= 11 is 6.21. The van der Waals surface area contributed by atoms with E-state index in [1.54, 1.807) is 4.90 Å². The Morgan fingerprint density at radius 3 is 2.28 bits per heavy atom. The van der Waals surface area contributed by atoms with Gasteiger partial charge in [0.25, 0.3) is 5.91 Å². The normalized spacial score (nSPS) is 20.3. The van der Waals surface area contributed by atoms with E-state index in [-0.39, 0.29) is 21.4 Å². The molecule has 2 heterocycles. The van der Waals surface area contributed by atoms with Crippen molar-refractivity contribution in [3.63, 3.8) is 0 Å². The van der Waals surface area contributed by atoms with Gasteiger partial charge in [-0.25, -0.2) is 8.42 Å². The number of rotatable bonds is 3. The van der Waals surface area contributed by atoms with Gasteiger partial charge < -0.3 is 9.64 Å². The van der Waals surface area contributed by atoms with Gasteiger partial charge in [-0.15, -0.1) is 0 Å². The number of hydrogen-bond acceptors (Lipinski definition) is 4.